The SMILES string of the molecule is CC1CCN(C(=O)C2CCN(C(=O)CNCC3CC3)CC2)CC1. The Morgan fingerprint density at radius 3 is 2.13 bits per heavy atom. The third-order valence-corrected chi connectivity index (χ3v) is 5.70. The van der Waals surface area contributed by atoms with Crippen LogP contribution in [0.25, 0.3) is 0 Å². The smallest absolute Gasteiger partial charge is 0.236 e. The van der Waals surface area contributed by atoms with Gasteiger partial charge in [-0.3, -0.25) is 9.59 Å². The molecule has 0 aromatic carbocycles. The molecule has 2 saturated heterocycles. The first-order valence-electron chi connectivity index (χ1n) is 9.40. The highest BCUT2D eigenvalue weighted by molar-refractivity contribution is 5.81. The molecule has 0 radical (unpaired) electrons. The van der Waals surface area contributed by atoms with Crippen molar-refractivity contribution in [1.82, 2.24) is 15.1 Å². The lowest BCUT2D eigenvalue weighted by Gasteiger charge is -2.36. The predicted octanol–water partition coefficient (Wildman–Crippen LogP) is 1.48. The van der Waals surface area contributed by atoms with Crippen LogP contribution < -0.4 is 5.32 Å². The predicted molar refractivity (Wildman–Crippen MR) is 89.9 cm³/mol. The zero-order chi connectivity index (χ0) is 16.2. The Bertz CT molecular complexity index is 420. The summed E-state index contributed by atoms with van der Waals surface area (Å²) < 4.78 is 0. The maximum atomic E-state index is 12.6. The minimum absolute atomic E-state index is 0.131. The van der Waals surface area contributed by atoms with Crippen LogP contribution in [0.4, 0.5) is 0 Å². The summed E-state index contributed by atoms with van der Waals surface area (Å²) in [6.45, 7) is 7.03. The van der Waals surface area contributed by atoms with Crippen molar-refractivity contribution in [1.29, 1.82) is 0 Å². The van der Waals surface area contributed by atoms with E-state index < -0.39 is 0 Å². The van der Waals surface area contributed by atoms with Crippen molar-refractivity contribution in [2.45, 2.75) is 45.4 Å². The fourth-order valence-electron chi connectivity index (χ4n) is 3.68. The Balaban J connectivity index is 1.37. The number of nitrogens with zero attached hydrogens (tertiary/aromatic N) is 2. The van der Waals surface area contributed by atoms with Crippen LogP contribution in [0.3, 0.4) is 0 Å². The minimum Gasteiger partial charge on any atom is -0.342 e. The lowest BCUT2D eigenvalue weighted by atomic mass is 9.92. The van der Waals surface area contributed by atoms with E-state index >= 15 is 0 Å². The van der Waals surface area contributed by atoms with Gasteiger partial charge >= 0.3 is 0 Å². The molecule has 130 valence electrons. The summed E-state index contributed by atoms with van der Waals surface area (Å²) in [4.78, 5) is 28.8. The molecule has 1 aliphatic carbocycles. The van der Waals surface area contributed by atoms with Crippen LogP contribution in [0, 0.1) is 17.8 Å². The van der Waals surface area contributed by atoms with E-state index in [0.29, 0.717) is 12.5 Å². The van der Waals surface area contributed by atoms with Crippen molar-refractivity contribution in [3.8, 4) is 0 Å². The molecule has 0 aromatic rings. The van der Waals surface area contributed by atoms with E-state index in [1.807, 2.05) is 4.90 Å². The lowest BCUT2D eigenvalue weighted by Crippen LogP contribution is -2.48. The molecule has 2 aliphatic heterocycles. The van der Waals surface area contributed by atoms with Gasteiger partial charge in [-0.1, -0.05) is 6.92 Å². The van der Waals surface area contributed by atoms with Crippen molar-refractivity contribution < 1.29 is 9.59 Å². The zero-order valence-electron chi connectivity index (χ0n) is 14.4. The molecule has 3 aliphatic rings. The van der Waals surface area contributed by atoms with Gasteiger partial charge in [-0.15, -0.1) is 0 Å². The first-order valence-corrected chi connectivity index (χ1v) is 9.40. The highest BCUT2D eigenvalue weighted by atomic mass is 16.2. The van der Waals surface area contributed by atoms with Crippen molar-refractivity contribution in [2.75, 3.05) is 39.3 Å². The van der Waals surface area contributed by atoms with Crippen LogP contribution in [-0.4, -0.2) is 60.9 Å². The van der Waals surface area contributed by atoms with Gasteiger partial charge in [0.05, 0.1) is 6.54 Å². The molecule has 0 bridgehead atoms. The second-order valence-electron chi connectivity index (χ2n) is 7.74. The highest BCUT2D eigenvalue weighted by Crippen LogP contribution is 2.27. The fourth-order valence-corrected chi connectivity index (χ4v) is 3.68. The fraction of sp³-hybridized carbons (Fsp3) is 0.889. The third kappa shape index (κ3) is 4.69. The molecule has 2 amide bonds. The summed E-state index contributed by atoms with van der Waals surface area (Å²) in [7, 11) is 0. The van der Waals surface area contributed by atoms with Crippen LogP contribution >= 0.6 is 0 Å². The number of carbonyl (C=O) groups excluding carboxylic acids is 2. The normalized spacial score (nSPS) is 24.0. The minimum atomic E-state index is 0.131. The highest BCUT2D eigenvalue weighted by Gasteiger charge is 2.31. The number of carbonyl (C=O) groups is 2. The molecular weight excluding hydrogens is 290 g/mol. The maximum absolute atomic E-state index is 12.6. The standard InChI is InChI=1S/C18H31N3O2/c1-14-4-8-21(9-5-14)18(23)16-6-10-20(11-7-16)17(22)13-19-12-15-2-3-15/h14-16,19H,2-13H2,1H3. The van der Waals surface area contributed by atoms with Crippen molar-refractivity contribution >= 4 is 11.8 Å². The molecule has 1 saturated carbocycles. The summed E-state index contributed by atoms with van der Waals surface area (Å²) in [5, 5.41) is 3.27. The van der Waals surface area contributed by atoms with Gasteiger partial charge in [0.2, 0.25) is 11.8 Å². The topological polar surface area (TPSA) is 52.7 Å². The van der Waals surface area contributed by atoms with Crippen molar-refractivity contribution in [3.05, 3.63) is 0 Å². The summed E-state index contributed by atoms with van der Waals surface area (Å²) >= 11 is 0. The summed E-state index contributed by atoms with van der Waals surface area (Å²) in [5.74, 6) is 2.21. The number of rotatable bonds is 5. The average Bonchev–Trinajstić information content (AvgIpc) is 3.39. The average molecular weight is 321 g/mol. The molecule has 0 spiro atoms. The van der Waals surface area contributed by atoms with Gasteiger partial charge in [0.15, 0.2) is 0 Å². The molecule has 0 aromatic heterocycles. The third-order valence-electron chi connectivity index (χ3n) is 5.70. The van der Waals surface area contributed by atoms with Gasteiger partial charge in [-0.05, 0) is 56.9 Å². The van der Waals surface area contributed by atoms with Crippen molar-refractivity contribution in [3.63, 3.8) is 0 Å². The molecular formula is C18H31N3O2. The van der Waals surface area contributed by atoms with Gasteiger partial charge in [0.1, 0.15) is 0 Å². The Labute approximate surface area is 139 Å². The summed E-state index contributed by atoms with van der Waals surface area (Å²) in [6, 6.07) is 0. The lowest BCUT2D eigenvalue weighted by molar-refractivity contribution is -0.141. The Kier molecular flexibility index (Phi) is 5.57. The number of likely N-dealkylation sites (tertiary alicyclic amines) is 2. The van der Waals surface area contributed by atoms with Crippen LogP contribution in [0.1, 0.15) is 45.4 Å². The second kappa shape index (κ2) is 7.65. The van der Waals surface area contributed by atoms with Crippen LogP contribution in [0.5, 0.6) is 0 Å². The van der Waals surface area contributed by atoms with E-state index in [0.717, 1.165) is 70.2 Å². The number of nitrogens with one attached hydrogen (secondary N) is 1. The Morgan fingerprint density at radius 2 is 1.52 bits per heavy atom. The van der Waals surface area contributed by atoms with Gasteiger partial charge in [0.25, 0.3) is 0 Å². The van der Waals surface area contributed by atoms with Gasteiger partial charge < -0.3 is 15.1 Å². The summed E-state index contributed by atoms with van der Waals surface area (Å²) in [6.07, 6.45) is 6.55. The van der Waals surface area contributed by atoms with Gasteiger partial charge in [-0.2, -0.15) is 0 Å². The van der Waals surface area contributed by atoms with E-state index in [1.165, 1.54) is 12.8 Å². The first kappa shape index (κ1) is 16.7. The first-order chi connectivity index (χ1) is 11.1. The Hall–Kier alpha value is -1.10. The van der Waals surface area contributed by atoms with E-state index in [9.17, 15) is 9.59 Å². The van der Waals surface area contributed by atoms with E-state index in [4.69, 9.17) is 0 Å². The molecule has 3 rings (SSSR count). The number of piperidine rings is 2. The number of amides is 2. The molecule has 5 heteroatoms. The monoisotopic (exact) mass is 321 g/mol. The van der Waals surface area contributed by atoms with Crippen LogP contribution in [0.2, 0.25) is 0 Å². The molecule has 23 heavy (non-hydrogen) atoms. The number of hydrogen-bond donors (Lipinski definition) is 1. The van der Waals surface area contributed by atoms with Crippen molar-refractivity contribution in [2.24, 2.45) is 17.8 Å². The van der Waals surface area contributed by atoms with E-state index in [2.05, 4.69) is 17.1 Å². The van der Waals surface area contributed by atoms with Crippen LogP contribution in [0.15, 0.2) is 0 Å². The molecule has 1 N–H and O–H groups in total. The van der Waals surface area contributed by atoms with Gasteiger partial charge in [0, 0.05) is 32.1 Å². The largest absolute Gasteiger partial charge is 0.342 e. The second-order valence-corrected chi connectivity index (χ2v) is 7.74. The molecule has 0 atom stereocenters. The molecule has 2 heterocycles. The quantitative estimate of drug-likeness (QED) is 0.834. The van der Waals surface area contributed by atoms with Crippen LogP contribution in [-0.2, 0) is 9.59 Å². The molecule has 3 fully saturated rings. The Morgan fingerprint density at radius 1 is 0.913 bits per heavy atom. The van der Waals surface area contributed by atoms with E-state index in [-0.39, 0.29) is 11.8 Å². The van der Waals surface area contributed by atoms with Gasteiger partial charge in [-0.25, -0.2) is 0 Å². The van der Waals surface area contributed by atoms with E-state index in [1.54, 1.807) is 0 Å². The molecule has 0 unspecified atom stereocenters. The zero-order valence-corrected chi connectivity index (χ0v) is 14.4. The number of hydrogen-bond acceptors (Lipinski definition) is 3. The maximum Gasteiger partial charge on any atom is 0.236 e. The summed E-state index contributed by atoms with van der Waals surface area (Å²) in [5.41, 5.74) is 0. The molecule has 5 nitrogen and oxygen atoms in total.